The number of likely N-dealkylation sites (N-methyl/N-ethyl adjacent to an activating group) is 1. The molecular weight excluding hydrogens is 614 g/mol. The first-order chi connectivity index (χ1) is 21.9. The van der Waals surface area contributed by atoms with Gasteiger partial charge >= 0.3 is 12.2 Å². The molecule has 46 heavy (non-hydrogen) atoms. The molecule has 3 atom stereocenters. The van der Waals surface area contributed by atoms with Crippen molar-refractivity contribution in [3.05, 3.63) is 64.2 Å². The molecule has 11 nitrogen and oxygen atoms in total. The van der Waals surface area contributed by atoms with E-state index in [1.165, 1.54) is 7.11 Å². The molecule has 0 aromatic heterocycles. The van der Waals surface area contributed by atoms with E-state index in [0.29, 0.717) is 41.5 Å². The van der Waals surface area contributed by atoms with Gasteiger partial charge in [0, 0.05) is 43.9 Å². The number of amides is 3. The highest BCUT2D eigenvalue weighted by molar-refractivity contribution is 6.30. The fourth-order valence-corrected chi connectivity index (χ4v) is 5.36. The van der Waals surface area contributed by atoms with E-state index < -0.39 is 23.9 Å². The molecule has 1 aliphatic heterocycles. The average molecular weight is 662 g/mol. The average Bonchev–Trinajstić information content (AvgIpc) is 3.02. The number of halogens is 1. The van der Waals surface area contributed by atoms with Crippen molar-refractivity contribution >= 4 is 29.7 Å². The third kappa shape index (κ3) is 12.0. The number of nitrogens with one attached hydrogen (secondary N) is 2. The Bertz CT molecular complexity index is 1300. The molecule has 2 aromatic rings. The van der Waals surface area contributed by atoms with Crippen LogP contribution in [0.15, 0.2) is 42.5 Å². The number of ether oxygens (including phenoxy) is 5. The summed E-state index contributed by atoms with van der Waals surface area (Å²) >= 11 is 6.32. The third-order valence-electron chi connectivity index (χ3n) is 7.38. The van der Waals surface area contributed by atoms with Crippen LogP contribution in [0.25, 0.3) is 0 Å². The van der Waals surface area contributed by atoms with Crippen LogP contribution in [0.3, 0.4) is 0 Å². The lowest BCUT2D eigenvalue weighted by atomic mass is 9.93. The Labute approximate surface area is 277 Å². The summed E-state index contributed by atoms with van der Waals surface area (Å²) in [4.78, 5) is 39.8. The molecule has 1 unspecified atom stereocenters. The third-order valence-corrected chi connectivity index (χ3v) is 7.62. The summed E-state index contributed by atoms with van der Waals surface area (Å²) in [6, 6.07) is 12.2. The van der Waals surface area contributed by atoms with E-state index in [9.17, 15) is 14.4 Å². The van der Waals surface area contributed by atoms with Gasteiger partial charge in [-0.15, -0.1) is 0 Å². The van der Waals surface area contributed by atoms with E-state index in [0.717, 1.165) is 25.0 Å². The first-order valence-corrected chi connectivity index (χ1v) is 16.1. The molecule has 0 saturated carbocycles. The molecule has 0 bridgehead atoms. The molecule has 254 valence electrons. The Hall–Kier alpha value is -3.54. The van der Waals surface area contributed by atoms with Gasteiger partial charge in [0.2, 0.25) is 0 Å². The molecule has 3 amide bonds. The number of carbonyl (C=O) groups is 3. The minimum Gasteiger partial charge on any atom is -0.494 e. The zero-order valence-corrected chi connectivity index (χ0v) is 28.5. The smallest absolute Gasteiger partial charge is 0.410 e. The van der Waals surface area contributed by atoms with Gasteiger partial charge in [0.05, 0.1) is 26.4 Å². The highest BCUT2D eigenvalue weighted by atomic mass is 35.5. The van der Waals surface area contributed by atoms with Crippen LogP contribution in [0, 0.1) is 5.92 Å². The van der Waals surface area contributed by atoms with Crippen LogP contribution in [-0.2, 0) is 18.9 Å². The predicted octanol–water partition coefficient (Wildman–Crippen LogP) is 5.98. The molecule has 3 rings (SSSR count). The van der Waals surface area contributed by atoms with Crippen molar-refractivity contribution in [2.24, 2.45) is 5.92 Å². The van der Waals surface area contributed by atoms with Crippen LogP contribution < -0.4 is 15.4 Å². The molecule has 0 aliphatic carbocycles. The summed E-state index contributed by atoms with van der Waals surface area (Å²) < 4.78 is 28.0. The Morgan fingerprint density at radius 2 is 1.89 bits per heavy atom. The van der Waals surface area contributed by atoms with Crippen molar-refractivity contribution in [1.29, 1.82) is 0 Å². The summed E-state index contributed by atoms with van der Waals surface area (Å²) in [5.41, 5.74) is 1.14. The molecule has 1 heterocycles. The van der Waals surface area contributed by atoms with Crippen molar-refractivity contribution in [1.82, 2.24) is 15.5 Å². The maximum atomic E-state index is 13.7. The fraction of sp³-hybridized carbons (Fsp3) is 0.559. The van der Waals surface area contributed by atoms with Crippen molar-refractivity contribution in [2.75, 3.05) is 53.7 Å². The van der Waals surface area contributed by atoms with Gasteiger partial charge in [-0.2, -0.15) is 0 Å². The van der Waals surface area contributed by atoms with E-state index in [4.69, 9.17) is 30.5 Å². The van der Waals surface area contributed by atoms with E-state index in [-0.39, 0.29) is 37.6 Å². The van der Waals surface area contributed by atoms with Gasteiger partial charge in [-0.25, -0.2) is 9.59 Å². The van der Waals surface area contributed by atoms with Gasteiger partial charge in [-0.1, -0.05) is 23.7 Å². The van der Waals surface area contributed by atoms with Gasteiger partial charge in [-0.3, -0.25) is 4.79 Å². The first kappa shape index (κ1) is 36.9. The molecule has 0 spiro atoms. The lowest BCUT2D eigenvalue weighted by molar-refractivity contribution is 0.0112. The van der Waals surface area contributed by atoms with E-state index >= 15 is 0 Å². The number of hydrogen-bond donors (Lipinski definition) is 2. The molecule has 2 aromatic carbocycles. The van der Waals surface area contributed by atoms with Crippen molar-refractivity contribution in [3.63, 3.8) is 0 Å². The summed E-state index contributed by atoms with van der Waals surface area (Å²) in [5.74, 6) is 0.426. The number of nitrogens with zero attached hydrogens (tertiary/aromatic N) is 1. The number of rotatable bonds is 14. The van der Waals surface area contributed by atoms with Gasteiger partial charge < -0.3 is 39.2 Å². The summed E-state index contributed by atoms with van der Waals surface area (Å²) in [7, 11) is 2.99. The molecule has 0 radical (unpaired) electrons. The van der Waals surface area contributed by atoms with Gasteiger partial charge in [0.15, 0.2) is 0 Å². The van der Waals surface area contributed by atoms with E-state index in [2.05, 4.69) is 15.4 Å². The minimum absolute atomic E-state index is 0.163. The van der Waals surface area contributed by atoms with E-state index in [1.54, 1.807) is 36.2 Å². The molecule has 1 fully saturated rings. The maximum absolute atomic E-state index is 13.7. The van der Waals surface area contributed by atoms with Crippen LogP contribution in [0.5, 0.6) is 5.75 Å². The molecule has 1 aliphatic rings. The number of hydrogen-bond acceptors (Lipinski definition) is 8. The second-order valence-corrected chi connectivity index (χ2v) is 12.7. The van der Waals surface area contributed by atoms with Gasteiger partial charge in [-0.05, 0) is 94.3 Å². The zero-order chi connectivity index (χ0) is 33.7. The number of carbonyl (C=O) groups excluding carboxylic acids is 3. The maximum Gasteiger partial charge on any atom is 0.410 e. The Balaban J connectivity index is 1.86. The van der Waals surface area contributed by atoms with Gasteiger partial charge in [0.25, 0.3) is 5.91 Å². The number of methoxy groups -OCH3 is 1. The van der Waals surface area contributed by atoms with Crippen molar-refractivity contribution in [3.8, 4) is 5.75 Å². The molecule has 1 saturated heterocycles. The number of alkyl carbamates (subject to hydrolysis) is 1. The molecule has 2 N–H and O–H groups in total. The minimum atomic E-state index is -0.653. The number of benzene rings is 2. The van der Waals surface area contributed by atoms with Crippen LogP contribution in [0.2, 0.25) is 5.02 Å². The quantitative estimate of drug-likeness (QED) is 0.237. The second-order valence-electron chi connectivity index (χ2n) is 12.2. The highest BCUT2D eigenvalue weighted by Gasteiger charge is 2.29. The molecule has 12 heteroatoms. The summed E-state index contributed by atoms with van der Waals surface area (Å²) in [6.07, 6.45) is 0.972. The lowest BCUT2D eigenvalue weighted by Crippen LogP contribution is -2.48. The van der Waals surface area contributed by atoms with Crippen molar-refractivity contribution in [2.45, 2.75) is 64.7 Å². The molecular formula is C34H48ClN3O8. The van der Waals surface area contributed by atoms with Crippen molar-refractivity contribution < 1.29 is 38.1 Å². The zero-order valence-electron chi connectivity index (χ0n) is 27.7. The Morgan fingerprint density at radius 1 is 1.11 bits per heavy atom. The SMILES string of the molecule is CCOc1cc(C(=O)NC[C@H](C[C@H]2CCCOC2)N(C)C(=O)OC(C)(C)C)cc(C(OCCNC(=O)OC)c2cccc(Cl)c2)c1. The summed E-state index contributed by atoms with van der Waals surface area (Å²) in [5, 5.41) is 6.17. The highest BCUT2D eigenvalue weighted by Crippen LogP contribution is 2.31. The topological polar surface area (TPSA) is 125 Å². The Kier molecular flexibility index (Phi) is 14.4. The summed E-state index contributed by atoms with van der Waals surface area (Å²) in [6.45, 7) is 9.66. The fourth-order valence-electron chi connectivity index (χ4n) is 5.16. The van der Waals surface area contributed by atoms with Gasteiger partial charge in [0.1, 0.15) is 17.5 Å². The van der Waals surface area contributed by atoms with Crippen LogP contribution >= 0.6 is 11.6 Å². The largest absolute Gasteiger partial charge is 0.494 e. The Morgan fingerprint density at radius 3 is 2.54 bits per heavy atom. The first-order valence-electron chi connectivity index (χ1n) is 15.7. The van der Waals surface area contributed by atoms with Crippen LogP contribution in [0.4, 0.5) is 9.59 Å². The normalized spacial score (nSPS) is 16.1. The van der Waals surface area contributed by atoms with Crippen LogP contribution in [-0.4, -0.2) is 88.3 Å². The van der Waals surface area contributed by atoms with Crippen LogP contribution in [0.1, 0.15) is 74.5 Å². The predicted molar refractivity (Wildman–Crippen MR) is 176 cm³/mol. The standard InChI is InChI=1S/C34H48ClN3O8/c1-7-44-29-19-25(30(24-11-8-12-27(35)18-24)45-15-13-36-32(40)42-6)17-26(20-29)31(39)37-21-28(16-23-10-9-14-43-22-23)38(5)33(41)46-34(2,3)4/h8,11-12,17-20,23,28,30H,7,9-10,13-16,21-22H2,1-6H3,(H,36,40)(H,37,39)/t23-,28+,30?/m1/s1. The van der Waals surface area contributed by atoms with E-state index in [1.807, 2.05) is 45.9 Å². The lowest BCUT2D eigenvalue weighted by Gasteiger charge is -2.34. The second kappa shape index (κ2) is 18.0. The monoisotopic (exact) mass is 661 g/mol.